The summed E-state index contributed by atoms with van der Waals surface area (Å²) in [6.45, 7) is 2.98. The van der Waals surface area contributed by atoms with Crippen LogP contribution in [0.2, 0.25) is 0 Å². The predicted molar refractivity (Wildman–Crippen MR) is 101 cm³/mol. The van der Waals surface area contributed by atoms with E-state index in [2.05, 4.69) is 19.9 Å². The zero-order valence-corrected chi connectivity index (χ0v) is 15.5. The molecule has 0 spiro atoms. The molecule has 0 atom stereocenters. The smallest absolute Gasteiger partial charge is 0.272 e. The molecule has 0 aromatic carbocycles. The Morgan fingerprint density at radius 1 is 1.15 bits per heavy atom. The second kappa shape index (κ2) is 6.05. The van der Waals surface area contributed by atoms with Crippen molar-refractivity contribution in [1.29, 1.82) is 0 Å². The van der Waals surface area contributed by atoms with E-state index in [1.165, 1.54) is 28.7 Å². The molecule has 1 fully saturated rings. The molecule has 0 bridgehead atoms. The van der Waals surface area contributed by atoms with E-state index >= 15 is 0 Å². The number of hydrogen-bond donors (Lipinski definition) is 0. The zero-order valence-electron chi connectivity index (χ0n) is 14.7. The molecule has 1 aliphatic carbocycles. The number of rotatable bonds is 2. The minimum absolute atomic E-state index is 0.0499. The van der Waals surface area contributed by atoms with Gasteiger partial charge in [-0.2, -0.15) is 0 Å². The average molecular weight is 368 g/mol. The van der Waals surface area contributed by atoms with Crippen molar-refractivity contribution < 1.29 is 4.79 Å². The molecule has 0 saturated carbocycles. The largest absolute Gasteiger partial charge is 0.352 e. The fraction of sp³-hybridized carbons (Fsp3) is 0.444. The Morgan fingerprint density at radius 3 is 2.77 bits per heavy atom. The fourth-order valence-corrected chi connectivity index (χ4v) is 5.22. The first-order valence-electron chi connectivity index (χ1n) is 8.98. The number of aromatic nitrogens is 4. The van der Waals surface area contributed by atoms with Crippen molar-refractivity contribution in [1.82, 2.24) is 24.4 Å². The van der Waals surface area contributed by atoms with E-state index in [-0.39, 0.29) is 5.91 Å². The van der Waals surface area contributed by atoms with E-state index < -0.39 is 0 Å². The topological polar surface area (TPSA) is 67.2 Å². The molecule has 26 heavy (non-hydrogen) atoms. The molecule has 8 heteroatoms. The Labute approximate surface area is 155 Å². The highest BCUT2D eigenvalue weighted by Gasteiger charge is 2.28. The highest BCUT2D eigenvalue weighted by atomic mass is 32.1. The van der Waals surface area contributed by atoms with Crippen LogP contribution in [0.4, 0.5) is 5.82 Å². The summed E-state index contributed by atoms with van der Waals surface area (Å²) in [4.78, 5) is 32.6. The number of nitrogens with zero attached hydrogens (tertiary/aromatic N) is 6. The Kier molecular flexibility index (Phi) is 3.66. The molecule has 2 aliphatic rings. The van der Waals surface area contributed by atoms with E-state index in [4.69, 9.17) is 0 Å². The number of hydrogen-bond acceptors (Lipinski definition) is 6. The van der Waals surface area contributed by atoms with Gasteiger partial charge >= 0.3 is 0 Å². The maximum Gasteiger partial charge on any atom is 0.272 e. The van der Waals surface area contributed by atoms with E-state index in [0.29, 0.717) is 18.8 Å². The molecule has 0 radical (unpaired) electrons. The Balaban J connectivity index is 1.39. The van der Waals surface area contributed by atoms with Gasteiger partial charge in [-0.25, -0.2) is 15.0 Å². The summed E-state index contributed by atoms with van der Waals surface area (Å²) in [5.74, 6) is 1.09. The van der Waals surface area contributed by atoms with Crippen LogP contribution >= 0.6 is 11.3 Å². The second-order valence-electron chi connectivity index (χ2n) is 6.90. The number of carbonyl (C=O) groups excluding carboxylic acids is 1. The first-order chi connectivity index (χ1) is 12.7. The number of amides is 1. The van der Waals surface area contributed by atoms with E-state index in [1.54, 1.807) is 23.4 Å². The lowest BCUT2D eigenvalue weighted by Gasteiger charge is -2.35. The maximum atomic E-state index is 12.7. The third-order valence-corrected chi connectivity index (χ3v) is 6.58. The molecule has 5 rings (SSSR count). The molecular weight excluding hydrogens is 348 g/mol. The molecule has 1 aliphatic heterocycles. The molecule has 0 unspecified atom stereocenters. The first kappa shape index (κ1) is 15.7. The number of piperazine rings is 1. The minimum Gasteiger partial charge on any atom is -0.352 e. The summed E-state index contributed by atoms with van der Waals surface area (Å²) in [7, 11) is 1.85. The first-order valence-corrected chi connectivity index (χ1v) is 9.80. The van der Waals surface area contributed by atoms with Crippen LogP contribution in [-0.2, 0) is 19.9 Å². The lowest BCUT2D eigenvalue weighted by Crippen LogP contribution is -2.49. The molecule has 7 nitrogen and oxygen atoms in total. The molecule has 0 N–H and O–H groups in total. The Morgan fingerprint density at radius 2 is 2.00 bits per heavy atom. The van der Waals surface area contributed by atoms with Gasteiger partial charge in [0.15, 0.2) is 0 Å². The summed E-state index contributed by atoms with van der Waals surface area (Å²) >= 11 is 1.82. The molecule has 3 aromatic heterocycles. The Bertz CT molecular complexity index is 985. The van der Waals surface area contributed by atoms with Crippen LogP contribution in [0.5, 0.6) is 0 Å². The van der Waals surface area contributed by atoms with E-state index in [0.717, 1.165) is 30.2 Å². The van der Waals surface area contributed by atoms with Crippen LogP contribution in [0.3, 0.4) is 0 Å². The minimum atomic E-state index is 0.0499. The van der Waals surface area contributed by atoms with Gasteiger partial charge in [-0.1, -0.05) is 0 Å². The molecule has 1 saturated heterocycles. The van der Waals surface area contributed by atoms with Crippen LogP contribution in [0.15, 0.2) is 18.9 Å². The lowest BCUT2D eigenvalue weighted by atomic mass is 10.1. The lowest BCUT2D eigenvalue weighted by molar-refractivity contribution is 0.0737. The summed E-state index contributed by atoms with van der Waals surface area (Å²) in [6.07, 6.45) is 8.52. The van der Waals surface area contributed by atoms with Gasteiger partial charge in [0.2, 0.25) is 0 Å². The molecule has 134 valence electrons. The quantitative estimate of drug-likeness (QED) is 0.691. The Hall–Kier alpha value is -2.48. The van der Waals surface area contributed by atoms with Crippen molar-refractivity contribution in [3.05, 3.63) is 35.0 Å². The predicted octanol–water partition coefficient (Wildman–Crippen LogP) is 1.88. The van der Waals surface area contributed by atoms with E-state index in [9.17, 15) is 4.79 Å². The summed E-state index contributed by atoms with van der Waals surface area (Å²) in [5, 5.41) is 1.25. The fourth-order valence-electron chi connectivity index (χ4n) is 4.00. The highest BCUT2D eigenvalue weighted by Crippen LogP contribution is 2.40. The third kappa shape index (κ3) is 2.39. The van der Waals surface area contributed by atoms with E-state index in [1.807, 2.05) is 23.3 Å². The molecular formula is C18H20N6OS. The van der Waals surface area contributed by atoms with Crippen molar-refractivity contribution in [3.63, 3.8) is 0 Å². The number of fused-ring (bicyclic) bond motifs is 3. The molecule has 3 aromatic rings. The van der Waals surface area contributed by atoms with Gasteiger partial charge < -0.3 is 14.4 Å². The van der Waals surface area contributed by atoms with Crippen LogP contribution in [0.25, 0.3) is 10.2 Å². The van der Waals surface area contributed by atoms with Crippen LogP contribution in [0, 0.1) is 0 Å². The summed E-state index contributed by atoms with van der Waals surface area (Å²) < 4.78 is 1.78. The number of anilines is 1. The van der Waals surface area contributed by atoms with Gasteiger partial charge in [0.05, 0.1) is 17.9 Å². The maximum absolute atomic E-state index is 12.7. The van der Waals surface area contributed by atoms with Gasteiger partial charge in [-0.15, -0.1) is 11.3 Å². The van der Waals surface area contributed by atoms with Crippen LogP contribution in [0.1, 0.15) is 27.3 Å². The van der Waals surface area contributed by atoms with Crippen molar-refractivity contribution in [2.75, 3.05) is 31.1 Å². The van der Waals surface area contributed by atoms with Crippen molar-refractivity contribution >= 4 is 33.3 Å². The van der Waals surface area contributed by atoms with Gasteiger partial charge in [0, 0.05) is 38.1 Å². The van der Waals surface area contributed by atoms with Gasteiger partial charge in [-0.3, -0.25) is 4.79 Å². The number of carbonyl (C=O) groups is 1. The zero-order chi connectivity index (χ0) is 17.7. The number of thiophene rings is 1. The molecule has 4 heterocycles. The number of aryl methyl sites for hydroxylation is 3. The van der Waals surface area contributed by atoms with Crippen molar-refractivity contribution in [2.45, 2.75) is 19.3 Å². The summed E-state index contributed by atoms with van der Waals surface area (Å²) in [6, 6.07) is 0. The third-order valence-electron chi connectivity index (χ3n) is 5.38. The van der Waals surface area contributed by atoms with Crippen molar-refractivity contribution in [2.24, 2.45) is 7.05 Å². The summed E-state index contributed by atoms with van der Waals surface area (Å²) in [5.41, 5.74) is 2.09. The average Bonchev–Trinajstić information content (AvgIpc) is 3.36. The second-order valence-corrected chi connectivity index (χ2v) is 7.99. The van der Waals surface area contributed by atoms with Gasteiger partial charge in [0.1, 0.15) is 22.7 Å². The van der Waals surface area contributed by atoms with Crippen molar-refractivity contribution in [3.8, 4) is 0 Å². The van der Waals surface area contributed by atoms with Gasteiger partial charge in [-0.05, 0) is 24.8 Å². The normalized spacial score (nSPS) is 17.1. The standard InChI is InChI=1S/C18H20N6OS/c1-22-11-19-9-13(22)18(25)24-7-5-23(6-8-24)16-15-12-3-2-4-14(12)26-17(15)21-10-20-16/h9-11H,2-8H2,1H3. The highest BCUT2D eigenvalue weighted by molar-refractivity contribution is 7.19. The number of imidazole rings is 1. The molecule has 1 amide bonds. The van der Waals surface area contributed by atoms with Crippen LogP contribution in [-0.4, -0.2) is 56.5 Å². The monoisotopic (exact) mass is 368 g/mol. The SMILES string of the molecule is Cn1cncc1C(=O)N1CCN(c2ncnc3sc4c(c23)CCC4)CC1. The van der Waals surface area contributed by atoms with Gasteiger partial charge in [0.25, 0.3) is 5.91 Å². The van der Waals surface area contributed by atoms with Crippen LogP contribution < -0.4 is 4.90 Å².